The molecule has 0 spiro atoms. The summed E-state index contributed by atoms with van der Waals surface area (Å²) in [6, 6.07) is 6.16. The summed E-state index contributed by atoms with van der Waals surface area (Å²) >= 11 is 0. The number of pyridine rings is 1. The minimum atomic E-state index is 0.424. The third-order valence-electron chi connectivity index (χ3n) is 1.67. The second kappa shape index (κ2) is 3.87. The van der Waals surface area contributed by atoms with Gasteiger partial charge >= 0.3 is 6.01 Å². The molecule has 2 heterocycles. The lowest BCUT2D eigenvalue weighted by molar-refractivity contribution is 0.530. The number of nitrogens with zero attached hydrogens (tertiary/aromatic N) is 3. The van der Waals surface area contributed by atoms with Gasteiger partial charge in [-0.1, -0.05) is 11.2 Å². The van der Waals surface area contributed by atoms with Crippen LogP contribution < -0.4 is 5.32 Å². The summed E-state index contributed by atoms with van der Waals surface area (Å²) in [6.07, 6.45) is 1.75. The quantitative estimate of drug-likeness (QED) is 0.792. The summed E-state index contributed by atoms with van der Waals surface area (Å²) in [5.74, 6) is 0.550. The number of aryl methyl sites for hydroxylation is 1. The Labute approximate surface area is 81.2 Å². The molecule has 0 saturated heterocycles. The van der Waals surface area contributed by atoms with Crippen LogP contribution >= 0.6 is 0 Å². The zero-order chi connectivity index (χ0) is 9.80. The Morgan fingerprint density at radius 1 is 1.36 bits per heavy atom. The molecule has 0 bridgehead atoms. The Bertz CT molecular complexity index is 398. The lowest BCUT2D eigenvalue weighted by atomic mass is 10.3. The maximum Gasteiger partial charge on any atom is 0.315 e. The van der Waals surface area contributed by atoms with Gasteiger partial charge in [-0.05, 0) is 12.1 Å². The standard InChI is InChI=1S/C9H10N4O/c1-7-12-13-9(14-7)11-6-8-4-2-3-5-10-8/h2-5H,6H2,1H3,(H,11,13). The summed E-state index contributed by atoms with van der Waals surface area (Å²) in [7, 11) is 0. The van der Waals surface area contributed by atoms with Crippen LogP contribution in [-0.4, -0.2) is 15.2 Å². The highest BCUT2D eigenvalue weighted by Crippen LogP contribution is 2.05. The smallest absolute Gasteiger partial charge is 0.315 e. The number of hydrogen-bond acceptors (Lipinski definition) is 5. The number of aromatic nitrogens is 3. The van der Waals surface area contributed by atoms with Gasteiger partial charge in [0.2, 0.25) is 5.89 Å². The second-order valence-electron chi connectivity index (χ2n) is 2.80. The van der Waals surface area contributed by atoms with Crippen molar-refractivity contribution >= 4 is 6.01 Å². The topological polar surface area (TPSA) is 63.8 Å². The van der Waals surface area contributed by atoms with E-state index in [1.54, 1.807) is 13.1 Å². The first kappa shape index (κ1) is 8.68. The average Bonchev–Trinajstić information content (AvgIpc) is 2.63. The summed E-state index contributed by atoms with van der Waals surface area (Å²) in [6.45, 7) is 2.33. The fourth-order valence-corrected chi connectivity index (χ4v) is 1.04. The van der Waals surface area contributed by atoms with Gasteiger partial charge in [-0.25, -0.2) is 0 Å². The van der Waals surface area contributed by atoms with E-state index >= 15 is 0 Å². The third kappa shape index (κ3) is 2.07. The van der Waals surface area contributed by atoms with Gasteiger partial charge in [0.25, 0.3) is 0 Å². The highest BCUT2D eigenvalue weighted by atomic mass is 16.4. The molecule has 0 aliphatic rings. The van der Waals surface area contributed by atoms with Crippen LogP contribution in [0.4, 0.5) is 6.01 Å². The van der Waals surface area contributed by atoms with E-state index < -0.39 is 0 Å². The second-order valence-corrected chi connectivity index (χ2v) is 2.80. The van der Waals surface area contributed by atoms with E-state index in [1.807, 2.05) is 18.2 Å². The van der Waals surface area contributed by atoms with Gasteiger partial charge in [0.05, 0.1) is 12.2 Å². The van der Waals surface area contributed by atoms with Crippen LogP contribution in [0.5, 0.6) is 0 Å². The summed E-state index contributed by atoms with van der Waals surface area (Å²) in [5, 5.41) is 10.5. The highest BCUT2D eigenvalue weighted by molar-refractivity contribution is 5.19. The molecule has 5 nitrogen and oxygen atoms in total. The Hall–Kier alpha value is -1.91. The molecule has 14 heavy (non-hydrogen) atoms. The molecule has 0 aliphatic heterocycles. The van der Waals surface area contributed by atoms with Crippen LogP contribution in [-0.2, 0) is 6.54 Å². The minimum Gasteiger partial charge on any atom is -0.408 e. The van der Waals surface area contributed by atoms with Crippen molar-refractivity contribution in [1.29, 1.82) is 0 Å². The van der Waals surface area contributed by atoms with Crippen molar-refractivity contribution in [2.75, 3.05) is 5.32 Å². The molecule has 0 amide bonds. The Balaban J connectivity index is 1.95. The van der Waals surface area contributed by atoms with Gasteiger partial charge in [0, 0.05) is 13.1 Å². The van der Waals surface area contributed by atoms with E-state index in [0.29, 0.717) is 18.5 Å². The molecule has 1 N–H and O–H groups in total. The molecule has 2 rings (SSSR count). The third-order valence-corrected chi connectivity index (χ3v) is 1.67. The van der Waals surface area contributed by atoms with Crippen LogP contribution in [0.25, 0.3) is 0 Å². The van der Waals surface area contributed by atoms with Crippen LogP contribution in [0.1, 0.15) is 11.6 Å². The first-order valence-electron chi connectivity index (χ1n) is 4.28. The predicted octanol–water partition coefficient (Wildman–Crippen LogP) is 1.39. The minimum absolute atomic E-state index is 0.424. The molecular formula is C9H10N4O. The van der Waals surface area contributed by atoms with Crippen LogP contribution in [0.3, 0.4) is 0 Å². The van der Waals surface area contributed by atoms with Crippen molar-refractivity contribution in [3.8, 4) is 0 Å². The normalized spacial score (nSPS) is 10.1. The molecule has 0 fully saturated rings. The van der Waals surface area contributed by atoms with Crippen molar-refractivity contribution in [3.63, 3.8) is 0 Å². The molecular weight excluding hydrogens is 180 g/mol. The van der Waals surface area contributed by atoms with Crippen molar-refractivity contribution in [1.82, 2.24) is 15.2 Å². The van der Waals surface area contributed by atoms with Gasteiger partial charge in [0.1, 0.15) is 0 Å². The molecule has 5 heteroatoms. The number of rotatable bonds is 3. The summed E-state index contributed by atoms with van der Waals surface area (Å²) in [5.41, 5.74) is 0.934. The largest absolute Gasteiger partial charge is 0.408 e. The fourth-order valence-electron chi connectivity index (χ4n) is 1.04. The first-order valence-corrected chi connectivity index (χ1v) is 4.28. The Morgan fingerprint density at radius 2 is 2.29 bits per heavy atom. The summed E-state index contributed by atoms with van der Waals surface area (Å²) < 4.78 is 5.14. The molecule has 0 unspecified atom stereocenters. The molecule has 2 aromatic heterocycles. The van der Waals surface area contributed by atoms with Crippen LogP contribution in [0, 0.1) is 6.92 Å². The Kier molecular flexibility index (Phi) is 2.40. The molecule has 2 aromatic rings. The molecule has 72 valence electrons. The fraction of sp³-hybridized carbons (Fsp3) is 0.222. The van der Waals surface area contributed by atoms with Crippen molar-refractivity contribution in [2.45, 2.75) is 13.5 Å². The van der Waals surface area contributed by atoms with Crippen molar-refractivity contribution in [2.24, 2.45) is 0 Å². The van der Waals surface area contributed by atoms with Gasteiger partial charge in [0.15, 0.2) is 0 Å². The highest BCUT2D eigenvalue weighted by Gasteiger charge is 2.00. The van der Waals surface area contributed by atoms with Crippen LogP contribution in [0.15, 0.2) is 28.8 Å². The van der Waals surface area contributed by atoms with Crippen molar-refractivity contribution < 1.29 is 4.42 Å². The lowest BCUT2D eigenvalue weighted by Crippen LogP contribution is -2.01. The van der Waals surface area contributed by atoms with E-state index in [4.69, 9.17) is 4.42 Å². The SMILES string of the molecule is Cc1nnc(NCc2ccccn2)o1. The monoisotopic (exact) mass is 190 g/mol. The molecule has 0 saturated carbocycles. The maximum absolute atomic E-state index is 5.14. The van der Waals surface area contributed by atoms with E-state index in [9.17, 15) is 0 Å². The average molecular weight is 190 g/mol. The van der Waals surface area contributed by atoms with Crippen LogP contribution in [0.2, 0.25) is 0 Å². The first-order chi connectivity index (χ1) is 6.84. The zero-order valence-corrected chi connectivity index (χ0v) is 7.77. The predicted molar refractivity (Wildman–Crippen MR) is 50.6 cm³/mol. The van der Waals surface area contributed by atoms with Gasteiger partial charge < -0.3 is 9.73 Å². The molecule has 0 aromatic carbocycles. The lowest BCUT2D eigenvalue weighted by Gasteiger charge is -1.99. The van der Waals surface area contributed by atoms with E-state index in [2.05, 4.69) is 20.5 Å². The number of anilines is 1. The molecule has 0 radical (unpaired) electrons. The van der Waals surface area contributed by atoms with Gasteiger partial charge in [-0.3, -0.25) is 4.98 Å². The van der Waals surface area contributed by atoms with Gasteiger partial charge in [-0.2, -0.15) is 0 Å². The van der Waals surface area contributed by atoms with E-state index in [0.717, 1.165) is 5.69 Å². The number of hydrogen-bond donors (Lipinski definition) is 1. The van der Waals surface area contributed by atoms with E-state index in [-0.39, 0.29) is 0 Å². The maximum atomic E-state index is 5.14. The molecule has 0 aliphatic carbocycles. The Morgan fingerprint density at radius 3 is 2.93 bits per heavy atom. The zero-order valence-electron chi connectivity index (χ0n) is 7.77. The summed E-state index contributed by atoms with van der Waals surface area (Å²) in [4.78, 5) is 4.15. The van der Waals surface area contributed by atoms with Gasteiger partial charge in [-0.15, -0.1) is 5.10 Å². The van der Waals surface area contributed by atoms with Crippen molar-refractivity contribution in [3.05, 3.63) is 36.0 Å². The van der Waals surface area contributed by atoms with E-state index in [1.165, 1.54) is 0 Å². The molecule has 0 atom stereocenters. The number of nitrogens with one attached hydrogen (secondary N) is 1.